The van der Waals surface area contributed by atoms with E-state index in [1.54, 1.807) is 0 Å². The molecular weight excluding hydrogens is 192 g/mol. The van der Waals surface area contributed by atoms with Gasteiger partial charge in [0, 0.05) is 2.74 Å². The Labute approximate surface area is 106 Å². The monoisotopic (exact) mass is 226 g/mol. The van der Waals surface area contributed by atoms with Gasteiger partial charge in [-0.3, -0.25) is 0 Å². The van der Waals surface area contributed by atoms with Crippen LogP contribution in [0.2, 0.25) is 0 Å². The fourth-order valence-corrected chi connectivity index (χ4v) is 2.92. The fraction of sp³-hybridized carbons (Fsp3) is 1.00. The minimum Gasteiger partial charge on any atom is -0.0654 e. The SMILES string of the molecule is [2H]C1(CCCCCCC)CCCCC1([2H])C(C)C. The molecule has 2 atom stereocenters. The van der Waals surface area contributed by atoms with Crippen molar-refractivity contribution in [2.75, 3.05) is 0 Å². The zero-order valence-corrected chi connectivity index (χ0v) is 11.6. The first-order chi connectivity index (χ1) is 8.46. The third-order valence-corrected chi connectivity index (χ3v) is 3.91. The van der Waals surface area contributed by atoms with Crippen LogP contribution in [0.1, 0.15) is 87.7 Å². The first-order valence-electron chi connectivity index (χ1n) is 8.46. The predicted molar refractivity (Wildman–Crippen MR) is 73.7 cm³/mol. The molecule has 1 aliphatic rings. The van der Waals surface area contributed by atoms with Crippen LogP contribution < -0.4 is 0 Å². The van der Waals surface area contributed by atoms with Crippen LogP contribution in [0.4, 0.5) is 0 Å². The average molecular weight is 226 g/mol. The summed E-state index contributed by atoms with van der Waals surface area (Å²) in [6.07, 6.45) is 11.4. The highest BCUT2D eigenvalue weighted by Gasteiger charge is 2.26. The van der Waals surface area contributed by atoms with Crippen molar-refractivity contribution in [1.29, 1.82) is 0 Å². The molecule has 0 heterocycles. The third-order valence-electron chi connectivity index (χ3n) is 3.91. The van der Waals surface area contributed by atoms with Gasteiger partial charge in [0.25, 0.3) is 0 Å². The van der Waals surface area contributed by atoms with E-state index in [0.29, 0.717) is 5.92 Å². The Hall–Kier alpha value is 0. The number of rotatable bonds is 7. The van der Waals surface area contributed by atoms with E-state index in [1.165, 1.54) is 25.7 Å². The van der Waals surface area contributed by atoms with E-state index in [4.69, 9.17) is 2.74 Å². The van der Waals surface area contributed by atoms with Crippen LogP contribution in [0.5, 0.6) is 0 Å². The van der Waals surface area contributed by atoms with Gasteiger partial charge in [0.05, 0.1) is 0 Å². The van der Waals surface area contributed by atoms with Crippen LogP contribution in [0.3, 0.4) is 0 Å². The van der Waals surface area contributed by atoms with Crippen molar-refractivity contribution in [2.24, 2.45) is 17.7 Å². The molecule has 1 rings (SSSR count). The lowest BCUT2D eigenvalue weighted by atomic mass is 9.71. The van der Waals surface area contributed by atoms with Crippen molar-refractivity contribution in [3.8, 4) is 0 Å². The second-order valence-corrected chi connectivity index (χ2v) is 5.65. The van der Waals surface area contributed by atoms with Gasteiger partial charge in [-0.15, -0.1) is 0 Å². The van der Waals surface area contributed by atoms with Gasteiger partial charge >= 0.3 is 0 Å². The standard InChI is InChI=1S/C16H32/c1-4-5-6-7-8-11-15-12-9-10-13-16(15)14(2)3/h14-16H,4-13H2,1-3H3/i15D,16D. The molecule has 0 amide bonds. The first-order valence-corrected chi connectivity index (χ1v) is 7.46. The molecule has 0 N–H and O–H groups in total. The Morgan fingerprint density at radius 2 is 1.75 bits per heavy atom. The average Bonchev–Trinajstić information content (AvgIpc) is 2.33. The quantitative estimate of drug-likeness (QED) is 0.481. The molecule has 0 radical (unpaired) electrons. The highest BCUT2D eigenvalue weighted by atomic mass is 14.3. The summed E-state index contributed by atoms with van der Waals surface area (Å²) in [5.41, 5.74) is 0. The van der Waals surface area contributed by atoms with Crippen LogP contribution >= 0.6 is 0 Å². The Kier molecular flexibility index (Phi) is 5.66. The first kappa shape index (κ1) is 11.1. The van der Waals surface area contributed by atoms with Gasteiger partial charge in [-0.05, 0) is 24.1 Å². The molecule has 0 nitrogen and oxygen atoms in total. The summed E-state index contributed by atoms with van der Waals surface area (Å²) in [5.74, 6) is -0.673. The molecule has 0 aromatic carbocycles. The number of hydrogen-bond donors (Lipinski definition) is 0. The van der Waals surface area contributed by atoms with Crippen LogP contribution in [0, 0.1) is 17.7 Å². The highest BCUT2D eigenvalue weighted by molar-refractivity contribution is 4.77. The molecule has 0 aliphatic heterocycles. The normalized spacial score (nSPS) is 37.2. The summed E-state index contributed by atoms with van der Waals surface area (Å²) in [5, 5.41) is 0. The molecule has 0 spiro atoms. The minimum absolute atomic E-state index is 0.311. The van der Waals surface area contributed by atoms with E-state index in [-0.39, 0.29) is 0 Å². The Balaban J connectivity index is 2.52. The Bertz CT molecular complexity index is 239. The summed E-state index contributed by atoms with van der Waals surface area (Å²) in [4.78, 5) is 0. The molecular formula is C16H32. The Morgan fingerprint density at radius 3 is 2.44 bits per heavy atom. The third kappa shape index (κ3) is 4.89. The topological polar surface area (TPSA) is 0 Å². The van der Waals surface area contributed by atoms with E-state index in [0.717, 1.165) is 38.5 Å². The molecule has 16 heavy (non-hydrogen) atoms. The van der Waals surface area contributed by atoms with E-state index in [9.17, 15) is 0 Å². The van der Waals surface area contributed by atoms with Gasteiger partial charge in [0.15, 0.2) is 0 Å². The lowest BCUT2D eigenvalue weighted by molar-refractivity contribution is 0.167. The van der Waals surface area contributed by atoms with Crippen molar-refractivity contribution in [3.63, 3.8) is 0 Å². The number of unbranched alkanes of at least 4 members (excludes halogenated alkanes) is 4. The minimum atomic E-state index is -0.504. The van der Waals surface area contributed by atoms with Gasteiger partial charge in [0.2, 0.25) is 0 Å². The van der Waals surface area contributed by atoms with Crippen molar-refractivity contribution in [1.82, 2.24) is 0 Å². The van der Waals surface area contributed by atoms with Gasteiger partial charge in [-0.25, -0.2) is 0 Å². The van der Waals surface area contributed by atoms with E-state index in [1.807, 2.05) is 0 Å². The summed E-state index contributed by atoms with van der Waals surface area (Å²) in [6, 6.07) is 0. The Morgan fingerprint density at radius 1 is 1.06 bits per heavy atom. The molecule has 1 fully saturated rings. The van der Waals surface area contributed by atoms with Gasteiger partial charge in [0.1, 0.15) is 0 Å². The van der Waals surface area contributed by atoms with Crippen LogP contribution in [0.25, 0.3) is 0 Å². The lowest BCUT2D eigenvalue weighted by Gasteiger charge is -2.34. The second kappa shape index (κ2) is 8.14. The van der Waals surface area contributed by atoms with Gasteiger partial charge < -0.3 is 0 Å². The molecule has 1 saturated carbocycles. The predicted octanol–water partition coefficient (Wildman–Crippen LogP) is 5.81. The number of hydrogen-bond acceptors (Lipinski definition) is 0. The van der Waals surface area contributed by atoms with Gasteiger partial charge in [-0.1, -0.05) is 78.6 Å². The zero-order valence-electron chi connectivity index (χ0n) is 13.6. The summed E-state index contributed by atoms with van der Waals surface area (Å²) < 4.78 is 17.6. The molecule has 0 aromatic rings. The molecule has 0 aromatic heterocycles. The summed E-state index contributed by atoms with van der Waals surface area (Å²) in [6.45, 7) is 6.51. The van der Waals surface area contributed by atoms with E-state index < -0.39 is 11.8 Å². The van der Waals surface area contributed by atoms with Gasteiger partial charge in [-0.2, -0.15) is 0 Å². The maximum absolute atomic E-state index is 8.80. The lowest BCUT2D eigenvalue weighted by Crippen LogP contribution is -2.24. The van der Waals surface area contributed by atoms with Crippen LogP contribution in [-0.4, -0.2) is 0 Å². The molecule has 0 bridgehead atoms. The molecule has 2 unspecified atom stereocenters. The van der Waals surface area contributed by atoms with Crippen molar-refractivity contribution >= 4 is 0 Å². The van der Waals surface area contributed by atoms with E-state index in [2.05, 4.69) is 20.8 Å². The van der Waals surface area contributed by atoms with Crippen LogP contribution in [0.15, 0.2) is 0 Å². The largest absolute Gasteiger partial charge is 0.0654 e. The molecule has 0 saturated heterocycles. The maximum atomic E-state index is 8.80. The van der Waals surface area contributed by atoms with Crippen molar-refractivity contribution in [3.05, 3.63) is 0 Å². The zero-order chi connectivity index (χ0) is 13.6. The highest BCUT2D eigenvalue weighted by Crippen LogP contribution is 2.37. The van der Waals surface area contributed by atoms with Crippen molar-refractivity contribution < 1.29 is 2.74 Å². The second-order valence-electron chi connectivity index (χ2n) is 5.65. The van der Waals surface area contributed by atoms with Crippen LogP contribution in [-0.2, 0) is 0 Å². The molecule has 96 valence electrons. The maximum Gasteiger partial charge on any atom is 0.0308 e. The fourth-order valence-electron chi connectivity index (χ4n) is 2.92. The van der Waals surface area contributed by atoms with E-state index >= 15 is 0 Å². The van der Waals surface area contributed by atoms with Crippen molar-refractivity contribution in [2.45, 2.75) is 85.0 Å². The molecule has 0 heteroatoms. The summed E-state index contributed by atoms with van der Waals surface area (Å²) in [7, 11) is 0. The smallest absolute Gasteiger partial charge is 0.0308 e. The summed E-state index contributed by atoms with van der Waals surface area (Å²) >= 11 is 0. The molecule has 1 aliphatic carbocycles.